The summed E-state index contributed by atoms with van der Waals surface area (Å²) in [5.41, 5.74) is 0.812. The molecule has 0 N–H and O–H groups in total. The molecule has 3 rings (SSSR count). The zero-order chi connectivity index (χ0) is 17.9. The van der Waals surface area contributed by atoms with Crippen molar-refractivity contribution in [1.29, 1.82) is 0 Å². The number of aromatic nitrogens is 1. The highest BCUT2D eigenvalue weighted by atomic mass is 19.3. The summed E-state index contributed by atoms with van der Waals surface area (Å²) in [6.45, 7) is 5.65. The van der Waals surface area contributed by atoms with Gasteiger partial charge in [-0.1, -0.05) is 13.8 Å². The molecule has 1 aromatic rings. The van der Waals surface area contributed by atoms with Gasteiger partial charge in [0.15, 0.2) is 0 Å². The molecule has 2 atom stereocenters. The van der Waals surface area contributed by atoms with Crippen LogP contribution in [0, 0.1) is 23.7 Å². The maximum Gasteiger partial charge on any atom is 0.319 e. The third-order valence-corrected chi connectivity index (χ3v) is 5.85. The number of aryl methyl sites for hydroxylation is 1. The van der Waals surface area contributed by atoms with Crippen LogP contribution in [-0.2, 0) is 0 Å². The lowest BCUT2D eigenvalue weighted by Crippen LogP contribution is -2.57. The number of halogens is 2. The molecule has 1 amide bonds. The van der Waals surface area contributed by atoms with E-state index in [1.165, 1.54) is 6.07 Å². The van der Waals surface area contributed by atoms with Gasteiger partial charge in [0.25, 0.3) is 5.91 Å². The van der Waals surface area contributed by atoms with Crippen LogP contribution >= 0.6 is 0 Å². The smallest absolute Gasteiger partial charge is 0.319 e. The summed E-state index contributed by atoms with van der Waals surface area (Å²) in [6.07, 6.45) is 1.07. The van der Waals surface area contributed by atoms with Gasteiger partial charge in [0, 0.05) is 30.7 Å². The zero-order valence-corrected chi connectivity index (χ0v) is 15.1. The molecule has 2 fully saturated rings. The number of fused-ring (bicyclic) bond motifs is 1. The summed E-state index contributed by atoms with van der Waals surface area (Å²) in [5, 5.41) is 0. The highest BCUT2D eigenvalue weighted by molar-refractivity contribution is 5.93. The lowest BCUT2D eigenvalue weighted by atomic mass is 9.48. The van der Waals surface area contributed by atoms with Gasteiger partial charge in [-0.05, 0) is 50.9 Å². The third kappa shape index (κ3) is 2.55. The van der Waals surface area contributed by atoms with E-state index in [9.17, 15) is 13.6 Å². The molecular weight excluding hydrogens is 312 g/mol. The van der Waals surface area contributed by atoms with Crippen LogP contribution in [0.15, 0.2) is 12.1 Å². The normalized spacial score (nSPS) is 28.4. The van der Waals surface area contributed by atoms with Crippen molar-refractivity contribution in [3.05, 3.63) is 23.5 Å². The van der Waals surface area contributed by atoms with E-state index in [-0.39, 0.29) is 22.4 Å². The summed E-state index contributed by atoms with van der Waals surface area (Å²) in [7, 11) is 4.10. The Morgan fingerprint density at radius 2 is 2.04 bits per heavy atom. The number of nitrogens with zero attached hydrogens (tertiary/aromatic N) is 3. The molecule has 6 heteroatoms. The van der Waals surface area contributed by atoms with Crippen molar-refractivity contribution in [3.63, 3.8) is 0 Å². The number of rotatable bonds is 4. The van der Waals surface area contributed by atoms with Crippen LogP contribution < -0.4 is 0 Å². The van der Waals surface area contributed by atoms with Crippen molar-refractivity contribution in [2.45, 2.75) is 33.7 Å². The van der Waals surface area contributed by atoms with Crippen LogP contribution in [0.3, 0.4) is 0 Å². The number of amides is 1. The largest absolute Gasteiger partial charge is 0.336 e. The summed E-state index contributed by atoms with van der Waals surface area (Å²) in [5.74, 6) is 0.152. The van der Waals surface area contributed by atoms with Gasteiger partial charge in [-0.2, -0.15) is 8.78 Å². The number of carbonyl (C=O) groups is 1. The van der Waals surface area contributed by atoms with Crippen molar-refractivity contribution < 1.29 is 13.6 Å². The number of alkyl halides is 2. The molecule has 1 saturated carbocycles. The molecular formula is C18H27F2N3O. The molecule has 1 saturated heterocycles. The van der Waals surface area contributed by atoms with E-state index >= 15 is 0 Å². The van der Waals surface area contributed by atoms with Gasteiger partial charge < -0.3 is 9.80 Å². The van der Waals surface area contributed by atoms with Crippen molar-refractivity contribution in [1.82, 2.24) is 14.4 Å². The Bertz CT molecular complexity index is 649. The van der Waals surface area contributed by atoms with E-state index < -0.39 is 6.55 Å². The van der Waals surface area contributed by atoms with Gasteiger partial charge in [0.1, 0.15) is 5.69 Å². The predicted octanol–water partition coefficient (Wildman–Crippen LogP) is 3.24. The molecule has 2 heterocycles. The van der Waals surface area contributed by atoms with Crippen LogP contribution in [0.4, 0.5) is 8.78 Å². The Hall–Kier alpha value is -1.43. The van der Waals surface area contributed by atoms with Gasteiger partial charge in [-0.3, -0.25) is 9.36 Å². The van der Waals surface area contributed by atoms with Gasteiger partial charge in [-0.15, -0.1) is 0 Å². The molecule has 0 unspecified atom stereocenters. The topological polar surface area (TPSA) is 28.5 Å². The number of hydrogen-bond donors (Lipinski definition) is 0. The minimum atomic E-state index is -2.69. The molecule has 0 spiro atoms. The molecule has 2 aliphatic rings. The third-order valence-electron chi connectivity index (χ3n) is 5.85. The van der Waals surface area contributed by atoms with E-state index in [0.29, 0.717) is 24.7 Å². The fourth-order valence-electron chi connectivity index (χ4n) is 5.27. The van der Waals surface area contributed by atoms with Gasteiger partial charge >= 0.3 is 6.55 Å². The Labute approximate surface area is 142 Å². The minimum absolute atomic E-state index is 0.0972. The molecule has 134 valence electrons. The van der Waals surface area contributed by atoms with Crippen LogP contribution in [0.25, 0.3) is 0 Å². The lowest BCUT2D eigenvalue weighted by molar-refractivity contribution is -0.0789. The quantitative estimate of drug-likeness (QED) is 0.842. The van der Waals surface area contributed by atoms with Crippen LogP contribution in [0.1, 0.15) is 43.0 Å². The van der Waals surface area contributed by atoms with Crippen molar-refractivity contribution in [2.24, 2.45) is 16.7 Å². The fourth-order valence-corrected chi connectivity index (χ4v) is 5.27. The van der Waals surface area contributed by atoms with Gasteiger partial charge in [0.05, 0.1) is 0 Å². The second-order valence-electron chi connectivity index (χ2n) is 8.51. The maximum absolute atomic E-state index is 13.3. The van der Waals surface area contributed by atoms with Crippen LogP contribution in [0.5, 0.6) is 0 Å². The standard InChI is InChI=1S/C18H27F2N3O/c1-12-6-7-13(23(12)16(19)20)15(24)22-8-14-17(2,3)9-18(14,11-22)10-21(4)5/h6-7,14,16H,8-11H2,1-5H3/t14-,18+/m1/s1. The predicted molar refractivity (Wildman–Crippen MR) is 89.2 cm³/mol. The highest BCUT2D eigenvalue weighted by Gasteiger charge is 2.63. The van der Waals surface area contributed by atoms with Gasteiger partial charge in [0.2, 0.25) is 0 Å². The average molecular weight is 339 g/mol. The number of carbonyl (C=O) groups excluding carboxylic acids is 1. The lowest BCUT2D eigenvalue weighted by Gasteiger charge is -2.57. The first kappa shape index (κ1) is 17.4. The molecule has 0 aromatic carbocycles. The summed E-state index contributed by atoms with van der Waals surface area (Å²) in [6, 6.07) is 3.11. The van der Waals surface area contributed by atoms with Crippen LogP contribution in [0.2, 0.25) is 0 Å². The maximum atomic E-state index is 13.3. The molecule has 0 bridgehead atoms. The Morgan fingerprint density at radius 3 is 2.58 bits per heavy atom. The first-order valence-corrected chi connectivity index (χ1v) is 8.47. The second kappa shape index (κ2) is 5.55. The van der Waals surface area contributed by atoms with Crippen molar-refractivity contribution in [3.8, 4) is 0 Å². The van der Waals surface area contributed by atoms with Gasteiger partial charge in [-0.25, -0.2) is 0 Å². The molecule has 1 aliphatic carbocycles. The second-order valence-corrected chi connectivity index (χ2v) is 8.51. The molecule has 0 radical (unpaired) electrons. The minimum Gasteiger partial charge on any atom is -0.336 e. The van der Waals surface area contributed by atoms with E-state index in [2.05, 4.69) is 18.7 Å². The monoisotopic (exact) mass is 339 g/mol. The Kier molecular flexibility index (Phi) is 4.02. The highest BCUT2D eigenvalue weighted by Crippen LogP contribution is 2.62. The van der Waals surface area contributed by atoms with E-state index in [0.717, 1.165) is 17.5 Å². The first-order valence-electron chi connectivity index (χ1n) is 8.47. The number of likely N-dealkylation sites (tertiary alicyclic amines) is 1. The zero-order valence-electron chi connectivity index (χ0n) is 15.1. The van der Waals surface area contributed by atoms with Crippen molar-refractivity contribution >= 4 is 5.91 Å². The van der Waals surface area contributed by atoms with E-state index in [1.54, 1.807) is 17.9 Å². The Balaban J connectivity index is 1.86. The molecule has 24 heavy (non-hydrogen) atoms. The molecule has 4 nitrogen and oxygen atoms in total. The summed E-state index contributed by atoms with van der Waals surface area (Å²) in [4.78, 5) is 16.9. The summed E-state index contributed by atoms with van der Waals surface area (Å²) < 4.78 is 27.4. The molecule has 1 aromatic heterocycles. The van der Waals surface area contributed by atoms with Crippen molar-refractivity contribution in [2.75, 3.05) is 33.7 Å². The fraction of sp³-hybridized carbons (Fsp3) is 0.722. The van der Waals surface area contributed by atoms with Crippen LogP contribution in [-0.4, -0.2) is 54.0 Å². The first-order chi connectivity index (χ1) is 11.1. The molecule has 1 aliphatic heterocycles. The Morgan fingerprint density at radius 1 is 1.38 bits per heavy atom. The average Bonchev–Trinajstić information content (AvgIpc) is 2.96. The van der Waals surface area contributed by atoms with E-state index in [1.807, 2.05) is 14.1 Å². The van der Waals surface area contributed by atoms with E-state index in [4.69, 9.17) is 0 Å². The summed E-state index contributed by atoms with van der Waals surface area (Å²) >= 11 is 0. The SMILES string of the molecule is Cc1ccc(C(=O)N2C[C@@H]3C(C)(C)C[C@]3(CN(C)C)C2)n1C(F)F. The number of hydrogen-bond acceptors (Lipinski definition) is 2.